The molecule has 0 spiro atoms. The van der Waals surface area contributed by atoms with Crippen molar-refractivity contribution in [3.63, 3.8) is 0 Å². The van der Waals surface area contributed by atoms with Crippen molar-refractivity contribution >= 4 is 27.4 Å². The third-order valence-corrected chi connectivity index (χ3v) is 7.53. The van der Waals surface area contributed by atoms with E-state index in [-0.39, 0.29) is 12.4 Å². The summed E-state index contributed by atoms with van der Waals surface area (Å²) in [7, 11) is 0. The van der Waals surface area contributed by atoms with Crippen LogP contribution >= 0.6 is 22.1 Å². The zero-order chi connectivity index (χ0) is 14.3. The van der Waals surface area contributed by atoms with Crippen molar-refractivity contribution < 1.29 is 9.47 Å². The number of benzene rings is 1. The topological polar surface area (TPSA) is 18.5 Å². The van der Waals surface area contributed by atoms with Crippen molar-refractivity contribution in [2.45, 2.75) is 44.8 Å². The Morgan fingerprint density at radius 1 is 1.05 bits per heavy atom. The molecule has 2 rings (SSSR count). The van der Waals surface area contributed by atoms with E-state index in [0.717, 1.165) is 19.6 Å². The number of halogens is 1. The third kappa shape index (κ3) is 5.44. The minimum absolute atomic E-state index is 0.152. The highest BCUT2D eigenvalue weighted by atomic mass is 79.9. The average molecular weight is 359 g/mol. The predicted molar refractivity (Wildman–Crippen MR) is 90.2 cm³/mol. The van der Waals surface area contributed by atoms with Gasteiger partial charge in [0, 0.05) is 6.42 Å². The maximum absolute atomic E-state index is 5.62. The molecule has 1 aromatic carbocycles. The van der Waals surface area contributed by atoms with Gasteiger partial charge in [0.05, 0.1) is 13.2 Å². The fourth-order valence-electron chi connectivity index (χ4n) is 2.47. The molecule has 0 bridgehead atoms. The molecule has 0 N–H and O–H groups in total. The smallest absolute Gasteiger partial charge is 0.165 e. The lowest BCUT2D eigenvalue weighted by atomic mass is 10.1. The molecule has 0 radical (unpaired) electrons. The SMILES string of the molecule is CC1(CCCCCCP(Br)c2ccccc2)OCCO1. The quantitative estimate of drug-likeness (QED) is 0.490. The van der Waals surface area contributed by atoms with E-state index in [4.69, 9.17) is 9.47 Å². The summed E-state index contributed by atoms with van der Waals surface area (Å²) in [6.45, 7) is 3.41. The van der Waals surface area contributed by atoms with Crippen LogP contribution in [-0.4, -0.2) is 25.2 Å². The van der Waals surface area contributed by atoms with Gasteiger partial charge in [-0.25, -0.2) is 0 Å². The van der Waals surface area contributed by atoms with Gasteiger partial charge < -0.3 is 9.47 Å². The van der Waals surface area contributed by atoms with E-state index in [1.807, 2.05) is 0 Å². The lowest BCUT2D eigenvalue weighted by molar-refractivity contribution is -0.147. The number of rotatable bonds is 8. The largest absolute Gasteiger partial charge is 0.348 e. The Labute approximate surface area is 131 Å². The van der Waals surface area contributed by atoms with Gasteiger partial charge in [0.25, 0.3) is 0 Å². The average Bonchev–Trinajstić information content (AvgIpc) is 2.90. The molecular formula is C16H24BrO2P. The Morgan fingerprint density at radius 3 is 2.40 bits per heavy atom. The van der Waals surface area contributed by atoms with Gasteiger partial charge in [-0.15, -0.1) is 0 Å². The lowest BCUT2D eigenvalue weighted by Gasteiger charge is -2.21. The van der Waals surface area contributed by atoms with Crippen molar-refractivity contribution in [3.8, 4) is 0 Å². The second-order valence-electron chi connectivity index (χ2n) is 5.42. The molecular weight excluding hydrogens is 335 g/mol. The van der Waals surface area contributed by atoms with E-state index in [9.17, 15) is 0 Å². The van der Waals surface area contributed by atoms with Gasteiger partial charge in [-0.3, -0.25) is 0 Å². The van der Waals surface area contributed by atoms with Crippen LogP contribution in [0.25, 0.3) is 0 Å². The molecule has 1 aliphatic rings. The molecule has 4 heteroatoms. The zero-order valence-electron chi connectivity index (χ0n) is 12.2. The molecule has 1 unspecified atom stereocenters. The fourth-order valence-corrected chi connectivity index (χ4v) is 5.19. The highest BCUT2D eigenvalue weighted by molar-refractivity contribution is 9.40. The molecule has 0 amide bonds. The lowest BCUT2D eigenvalue weighted by Crippen LogP contribution is -2.24. The summed E-state index contributed by atoms with van der Waals surface area (Å²) in [5.41, 5.74) is 0. The van der Waals surface area contributed by atoms with Crippen molar-refractivity contribution in [1.82, 2.24) is 0 Å². The summed E-state index contributed by atoms with van der Waals surface area (Å²) >= 11 is 3.84. The third-order valence-electron chi connectivity index (χ3n) is 3.67. The van der Waals surface area contributed by atoms with Gasteiger partial charge in [-0.2, -0.15) is 0 Å². The van der Waals surface area contributed by atoms with E-state index in [0.29, 0.717) is 0 Å². The molecule has 0 aromatic heterocycles. The Balaban J connectivity index is 1.53. The summed E-state index contributed by atoms with van der Waals surface area (Å²) in [5.74, 6) is -0.300. The van der Waals surface area contributed by atoms with Crippen molar-refractivity contribution in [2.75, 3.05) is 19.4 Å². The van der Waals surface area contributed by atoms with E-state index in [1.54, 1.807) is 0 Å². The molecule has 1 atom stereocenters. The predicted octanol–water partition coefficient (Wildman–Crippen LogP) is 4.82. The van der Waals surface area contributed by atoms with Crippen molar-refractivity contribution in [2.24, 2.45) is 0 Å². The monoisotopic (exact) mass is 358 g/mol. The second kappa shape index (κ2) is 8.48. The maximum atomic E-state index is 5.62. The first-order chi connectivity index (χ1) is 9.70. The van der Waals surface area contributed by atoms with Crippen LogP contribution in [0.15, 0.2) is 30.3 Å². The zero-order valence-corrected chi connectivity index (χ0v) is 14.7. The summed E-state index contributed by atoms with van der Waals surface area (Å²) in [4.78, 5) is 0. The highest BCUT2D eigenvalue weighted by Crippen LogP contribution is 2.43. The highest BCUT2D eigenvalue weighted by Gasteiger charge is 2.29. The Hall–Kier alpha value is 0.0500. The van der Waals surface area contributed by atoms with E-state index < -0.39 is 0 Å². The van der Waals surface area contributed by atoms with E-state index in [2.05, 4.69) is 52.7 Å². The molecule has 0 saturated carbocycles. The number of hydrogen-bond acceptors (Lipinski definition) is 2. The minimum Gasteiger partial charge on any atom is -0.348 e. The molecule has 112 valence electrons. The molecule has 1 fully saturated rings. The van der Waals surface area contributed by atoms with Crippen LogP contribution in [-0.2, 0) is 9.47 Å². The van der Waals surface area contributed by atoms with E-state index in [1.165, 1.54) is 37.1 Å². The normalized spacial score (nSPS) is 19.1. The van der Waals surface area contributed by atoms with Crippen LogP contribution in [0.3, 0.4) is 0 Å². The van der Waals surface area contributed by atoms with Crippen molar-refractivity contribution in [3.05, 3.63) is 30.3 Å². The Bertz CT molecular complexity index is 379. The van der Waals surface area contributed by atoms with Crippen LogP contribution in [0.4, 0.5) is 0 Å². The van der Waals surface area contributed by atoms with Crippen LogP contribution in [0.5, 0.6) is 0 Å². The summed E-state index contributed by atoms with van der Waals surface area (Å²) < 4.78 is 11.2. The van der Waals surface area contributed by atoms with Crippen LogP contribution in [0, 0.1) is 0 Å². The fraction of sp³-hybridized carbons (Fsp3) is 0.625. The molecule has 1 aliphatic heterocycles. The van der Waals surface area contributed by atoms with Crippen LogP contribution in [0.2, 0.25) is 0 Å². The summed E-state index contributed by atoms with van der Waals surface area (Å²) in [6.07, 6.45) is 7.35. The van der Waals surface area contributed by atoms with Gasteiger partial charge in [0.15, 0.2) is 5.79 Å². The van der Waals surface area contributed by atoms with Crippen molar-refractivity contribution in [1.29, 1.82) is 0 Å². The maximum Gasteiger partial charge on any atom is 0.165 e. The molecule has 2 nitrogen and oxygen atoms in total. The summed E-state index contributed by atoms with van der Waals surface area (Å²) in [5, 5.41) is 1.45. The first kappa shape index (κ1) is 16.4. The summed E-state index contributed by atoms with van der Waals surface area (Å²) in [6, 6.07) is 10.8. The minimum atomic E-state index is -0.300. The number of unbranched alkanes of at least 4 members (excludes halogenated alkanes) is 3. The van der Waals surface area contributed by atoms with Crippen LogP contribution in [0.1, 0.15) is 39.0 Å². The molecule has 1 aromatic rings. The van der Waals surface area contributed by atoms with Crippen LogP contribution < -0.4 is 5.30 Å². The van der Waals surface area contributed by atoms with Gasteiger partial charge in [-0.05, 0) is 37.9 Å². The first-order valence-corrected chi connectivity index (χ1v) is 11.0. The molecule has 20 heavy (non-hydrogen) atoms. The second-order valence-corrected chi connectivity index (χ2v) is 9.67. The first-order valence-electron chi connectivity index (χ1n) is 7.46. The number of ether oxygens (including phenoxy) is 2. The number of hydrogen-bond donors (Lipinski definition) is 0. The molecule has 1 saturated heterocycles. The van der Waals surface area contributed by atoms with Gasteiger partial charge in [0.1, 0.15) is 0 Å². The van der Waals surface area contributed by atoms with Gasteiger partial charge in [0.2, 0.25) is 0 Å². The Morgan fingerprint density at radius 2 is 1.70 bits per heavy atom. The van der Waals surface area contributed by atoms with E-state index >= 15 is 0 Å². The van der Waals surface area contributed by atoms with Gasteiger partial charge >= 0.3 is 0 Å². The molecule has 0 aliphatic carbocycles. The Kier molecular flexibility index (Phi) is 6.96. The molecule has 1 heterocycles. The van der Waals surface area contributed by atoms with Gasteiger partial charge in [-0.1, -0.05) is 58.7 Å². The standard InChI is InChI=1S/C16H24BrO2P/c1-16(18-12-13-19-16)11-7-2-3-8-14-20(17)15-9-5-4-6-10-15/h4-6,9-10H,2-3,7-8,11-14H2,1H3.